The Morgan fingerprint density at radius 2 is 1.68 bits per heavy atom. The first kappa shape index (κ1) is 22.2. The van der Waals surface area contributed by atoms with Gasteiger partial charge in [-0.1, -0.05) is 54.6 Å². The van der Waals surface area contributed by atoms with Crippen LogP contribution in [-0.2, 0) is 17.9 Å². The zero-order valence-corrected chi connectivity index (χ0v) is 18.6. The van der Waals surface area contributed by atoms with Crippen molar-refractivity contribution in [2.24, 2.45) is 4.99 Å². The lowest BCUT2D eigenvalue weighted by Crippen LogP contribution is -2.38. The number of nitrogens with one attached hydrogen (secondary N) is 2. The lowest BCUT2D eigenvalue weighted by molar-refractivity contribution is 0.125. The molecule has 2 aromatic carbocycles. The van der Waals surface area contributed by atoms with Crippen LogP contribution in [-0.4, -0.2) is 39.2 Å². The SMILES string of the molecule is CN=C(NCCOCc1ccccc1)NCc1ccc(N2CC=CC2)cc1.I. The molecule has 1 aliphatic rings. The van der Waals surface area contributed by atoms with Crippen LogP contribution in [0.25, 0.3) is 0 Å². The number of hydrogen-bond acceptors (Lipinski definition) is 3. The van der Waals surface area contributed by atoms with Gasteiger partial charge in [0.1, 0.15) is 0 Å². The van der Waals surface area contributed by atoms with Crippen LogP contribution in [0.4, 0.5) is 5.69 Å². The van der Waals surface area contributed by atoms with Crippen LogP contribution in [0.15, 0.2) is 71.7 Å². The van der Waals surface area contributed by atoms with Gasteiger partial charge in [-0.2, -0.15) is 0 Å². The van der Waals surface area contributed by atoms with E-state index >= 15 is 0 Å². The summed E-state index contributed by atoms with van der Waals surface area (Å²) in [6.45, 7) is 4.72. The summed E-state index contributed by atoms with van der Waals surface area (Å²) in [4.78, 5) is 6.60. The summed E-state index contributed by atoms with van der Waals surface area (Å²) >= 11 is 0. The molecular formula is C22H29IN4O. The van der Waals surface area contributed by atoms with Crippen molar-refractivity contribution < 1.29 is 4.74 Å². The van der Waals surface area contributed by atoms with Crippen molar-refractivity contribution in [2.45, 2.75) is 13.2 Å². The average molecular weight is 492 g/mol. The Kier molecular flexibility index (Phi) is 9.85. The van der Waals surface area contributed by atoms with Crippen LogP contribution in [0, 0.1) is 0 Å². The van der Waals surface area contributed by atoms with Gasteiger partial charge in [0.25, 0.3) is 0 Å². The van der Waals surface area contributed by atoms with Gasteiger partial charge in [-0.25, -0.2) is 0 Å². The maximum atomic E-state index is 5.68. The molecule has 28 heavy (non-hydrogen) atoms. The number of nitrogens with zero attached hydrogens (tertiary/aromatic N) is 2. The fourth-order valence-corrected chi connectivity index (χ4v) is 2.93. The van der Waals surface area contributed by atoms with Gasteiger partial charge in [0.05, 0.1) is 13.2 Å². The molecule has 2 N–H and O–H groups in total. The predicted molar refractivity (Wildman–Crippen MR) is 128 cm³/mol. The molecule has 0 aliphatic carbocycles. The normalized spacial score (nSPS) is 13.3. The molecule has 5 nitrogen and oxygen atoms in total. The molecule has 3 rings (SSSR count). The minimum absolute atomic E-state index is 0. The van der Waals surface area contributed by atoms with E-state index in [1.165, 1.54) is 16.8 Å². The summed E-state index contributed by atoms with van der Waals surface area (Å²) in [7, 11) is 1.78. The predicted octanol–water partition coefficient (Wildman–Crippen LogP) is 3.56. The molecule has 0 saturated carbocycles. The first-order valence-corrected chi connectivity index (χ1v) is 9.40. The van der Waals surface area contributed by atoms with E-state index in [1.807, 2.05) is 18.2 Å². The molecular weight excluding hydrogens is 463 g/mol. The smallest absolute Gasteiger partial charge is 0.191 e. The number of anilines is 1. The second kappa shape index (κ2) is 12.4. The molecule has 0 spiro atoms. The zero-order chi connectivity index (χ0) is 18.7. The van der Waals surface area contributed by atoms with Crippen molar-refractivity contribution in [1.82, 2.24) is 10.6 Å². The van der Waals surface area contributed by atoms with Crippen LogP contribution in [0.5, 0.6) is 0 Å². The van der Waals surface area contributed by atoms with E-state index in [4.69, 9.17) is 4.74 Å². The number of hydrogen-bond donors (Lipinski definition) is 2. The number of aliphatic imine (C=N–C) groups is 1. The number of rotatable bonds is 8. The highest BCUT2D eigenvalue weighted by Gasteiger charge is 2.07. The summed E-state index contributed by atoms with van der Waals surface area (Å²) < 4.78 is 5.68. The average Bonchev–Trinajstić information content (AvgIpc) is 3.26. The molecule has 2 aromatic rings. The largest absolute Gasteiger partial charge is 0.375 e. The molecule has 0 atom stereocenters. The van der Waals surface area contributed by atoms with Crippen LogP contribution in [0.2, 0.25) is 0 Å². The Hall–Kier alpha value is -2.06. The van der Waals surface area contributed by atoms with Crippen LogP contribution in [0.1, 0.15) is 11.1 Å². The minimum Gasteiger partial charge on any atom is -0.375 e. The second-order valence-electron chi connectivity index (χ2n) is 6.43. The van der Waals surface area contributed by atoms with Crippen LogP contribution < -0.4 is 15.5 Å². The van der Waals surface area contributed by atoms with Crippen LogP contribution >= 0.6 is 24.0 Å². The summed E-state index contributed by atoms with van der Waals surface area (Å²) in [5.74, 6) is 0.783. The summed E-state index contributed by atoms with van der Waals surface area (Å²) in [6, 6.07) is 18.9. The third-order valence-corrected chi connectivity index (χ3v) is 4.45. The molecule has 1 aliphatic heterocycles. The van der Waals surface area contributed by atoms with Gasteiger partial charge in [0.2, 0.25) is 0 Å². The van der Waals surface area contributed by atoms with Crippen molar-refractivity contribution >= 4 is 35.6 Å². The molecule has 0 amide bonds. The lowest BCUT2D eigenvalue weighted by Gasteiger charge is -2.18. The Balaban J connectivity index is 0.00000280. The quantitative estimate of drug-likeness (QED) is 0.195. The van der Waals surface area contributed by atoms with E-state index in [9.17, 15) is 0 Å². The molecule has 1 heterocycles. The van der Waals surface area contributed by atoms with E-state index in [0.29, 0.717) is 19.8 Å². The summed E-state index contributed by atoms with van der Waals surface area (Å²) in [5.41, 5.74) is 3.68. The maximum Gasteiger partial charge on any atom is 0.191 e. The fraction of sp³-hybridized carbons (Fsp3) is 0.318. The van der Waals surface area contributed by atoms with Gasteiger partial charge >= 0.3 is 0 Å². The molecule has 150 valence electrons. The topological polar surface area (TPSA) is 48.9 Å². The van der Waals surface area contributed by atoms with Gasteiger partial charge in [-0.3, -0.25) is 4.99 Å². The van der Waals surface area contributed by atoms with Gasteiger partial charge in [-0.15, -0.1) is 24.0 Å². The first-order valence-electron chi connectivity index (χ1n) is 9.40. The monoisotopic (exact) mass is 492 g/mol. The fourth-order valence-electron chi connectivity index (χ4n) is 2.93. The molecule has 0 unspecified atom stereocenters. The van der Waals surface area contributed by atoms with Crippen molar-refractivity contribution in [1.29, 1.82) is 0 Å². The second-order valence-corrected chi connectivity index (χ2v) is 6.43. The van der Waals surface area contributed by atoms with Gasteiger partial charge < -0.3 is 20.3 Å². The highest BCUT2D eigenvalue weighted by Crippen LogP contribution is 2.17. The molecule has 0 fully saturated rings. The zero-order valence-electron chi connectivity index (χ0n) is 16.3. The third-order valence-electron chi connectivity index (χ3n) is 4.45. The standard InChI is InChI=1S/C22H28N4O.HI/c1-23-22(24-13-16-27-18-20-7-3-2-4-8-20)25-17-19-9-11-21(12-10-19)26-14-5-6-15-26;/h2-12H,13-18H2,1H3,(H2,23,24,25);1H. The van der Waals surface area contributed by atoms with E-state index in [0.717, 1.165) is 25.6 Å². The van der Waals surface area contributed by atoms with E-state index in [2.05, 4.69) is 69.1 Å². The van der Waals surface area contributed by atoms with Crippen molar-refractivity contribution in [3.05, 3.63) is 77.9 Å². The molecule has 0 radical (unpaired) electrons. The minimum atomic E-state index is 0. The maximum absolute atomic E-state index is 5.68. The number of guanidine groups is 1. The Morgan fingerprint density at radius 3 is 2.36 bits per heavy atom. The van der Waals surface area contributed by atoms with Crippen molar-refractivity contribution in [2.75, 3.05) is 38.2 Å². The van der Waals surface area contributed by atoms with Gasteiger partial charge in [0.15, 0.2) is 5.96 Å². The lowest BCUT2D eigenvalue weighted by atomic mass is 10.2. The Morgan fingerprint density at radius 1 is 0.964 bits per heavy atom. The van der Waals surface area contributed by atoms with E-state index in [-0.39, 0.29) is 24.0 Å². The molecule has 0 aromatic heterocycles. The molecule has 6 heteroatoms. The van der Waals surface area contributed by atoms with Crippen LogP contribution in [0.3, 0.4) is 0 Å². The molecule has 0 bridgehead atoms. The number of benzene rings is 2. The third kappa shape index (κ3) is 7.16. The van der Waals surface area contributed by atoms with Gasteiger partial charge in [-0.05, 0) is 23.3 Å². The Bertz CT molecular complexity index is 739. The highest BCUT2D eigenvalue weighted by molar-refractivity contribution is 14.0. The van der Waals surface area contributed by atoms with E-state index < -0.39 is 0 Å². The van der Waals surface area contributed by atoms with Crippen molar-refractivity contribution in [3.63, 3.8) is 0 Å². The molecule has 0 saturated heterocycles. The number of halogens is 1. The van der Waals surface area contributed by atoms with Gasteiger partial charge in [0, 0.05) is 38.9 Å². The summed E-state index contributed by atoms with van der Waals surface area (Å²) in [5, 5.41) is 6.62. The Labute approximate surface area is 184 Å². The number of ether oxygens (including phenoxy) is 1. The van der Waals surface area contributed by atoms with Crippen molar-refractivity contribution in [3.8, 4) is 0 Å². The van der Waals surface area contributed by atoms with E-state index in [1.54, 1.807) is 7.05 Å². The first-order chi connectivity index (χ1) is 13.3. The highest BCUT2D eigenvalue weighted by atomic mass is 127. The summed E-state index contributed by atoms with van der Waals surface area (Å²) in [6.07, 6.45) is 4.41.